The lowest BCUT2D eigenvalue weighted by Crippen LogP contribution is -2.61. The van der Waals surface area contributed by atoms with Crippen LogP contribution in [0.1, 0.15) is 0 Å². The van der Waals surface area contributed by atoms with E-state index in [1.807, 2.05) is 0 Å². The van der Waals surface area contributed by atoms with Gasteiger partial charge < -0.3 is 49.6 Å². The van der Waals surface area contributed by atoms with Gasteiger partial charge in [-0.05, 0) is 0 Å². The van der Waals surface area contributed by atoms with Crippen molar-refractivity contribution in [2.45, 2.75) is 61.4 Å². The molecule has 0 amide bonds. The molecule has 6 N–H and O–H groups in total. The molecule has 0 aliphatic carbocycles. The Morgan fingerprint density at radius 1 is 0.667 bits per heavy atom. The smallest absolute Gasteiger partial charge is 0.186 e. The van der Waals surface area contributed by atoms with E-state index >= 15 is 0 Å². The molecule has 160 valence electrons. The summed E-state index contributed by atoms with van der Waals surface area (Å²) >= 11 is 0. The molecular weight excluding hydrogens is 392 g/mol. The van der Waals surface area contributed by atoms with Gasteiger partial charge in [0.2, 0.25) is 0 Å². The molecule has 12 nitrogen and oxygen atoms in total. The maximum atomic E-state index is 12.5. The van der Waals surface area contributed by atoms with Crippen LogP contribution >= 0.6 is 0 Å². The Hall–Kier alpha value is -0.450. The lowest BCUT2D eigenvalue weighted by atomic mass is 10.00. The predicted octanol–water partition coefficient (Wildman–Crippen LogP) is -4.69. The summed E-state index contributed by atoms with van der Waals surface area (Å²) in [5.74, 6) is -1.55. The first-order valence-electron chi connectivity index (χ1n) is 8.17. The van der Waals surface area contributed by atoms with E-state index in [-0.39, 0.29) is 0 Å². The molecule has 0 unspecified atom stereocenters. The van der Waals surface area contributed by atoms with E-state index in [2.05, 4.69) is 0 Å². The molecule has 13 heteroatoms. The van der Waals surface area contributed by atoms with Gasteiger partial charge in [-0.3, -0.25) is 0 Å². The largest absolute Gasteiger partial charge is 0.388 e. The maximum Gasteiger partial charge on any atom is 0.186 e. The Labute approximate surface area is 155 Å². The summed E-state index contributed by atoms with van der Waals surface area (Å²) in [7, 11) is -1.71. The highest BCUT2D eigenvalue weighted by Gasteiger charge is 2.48. The Bertz CT molecular complexity index is 537. The monoisotopic (exact) mass is 418 g/mol. The molecule has 0 aromatic rings. The van der Waals surface area contributed by atoms with Crippen LogP contribution in [0.3, 0.4) is 0 Å². The zero-order chi connectivity index (χ0) is 20.5. The van der Waals surface area contributed by atoms with Gasteiger partial charge in [0, 0.05) is 14.2 Å². The number of methoxy groups -OCH3 is 2. The molecule has 0 saturated carbocycles. The number of aliphatic hydroxyl groups excluding tert-OH is 6. The second kappa shape index (κ2) is 8.92. The highest BCUT2D eigenvalue weighted by Crippen LogP contribution is 2.26. The fraction of sp³-hybridized carbons (Fsp3) is 1.00. The quantitative estimate of drug-likeness (QED) is 0.242. The Kier molecular flexibility index (Phi) is 7.54. The highest BCUT2D eigenvalue weighted by atomic mass is 32.2. The van der Waals surface area contributed by atoms with Gasteiger partial charge in [-0.25, -0.2) is 8.42 Å². The summed E-state index contributed by atoms with van der Waals surface area (Å²) in [6.07, 6.45) is -15.4. The van der Waals surface area contributed by atoms with Crippen LogP contribution in [0, 0.1) is 0 Å². The topological polar surface area (TPSA) is 192 Å². The number of rotatable bonds is 6. The van der Waals surface area contributed by atoms with E-state index < -0.39 is 82.8 Å². The molecule has 2 fully saturated rings. The molecule has 2 heterocycles. The summed E-state index contributed by atoms with van der Waals surface area (Å²) in [6, 6.07) is 0. The lowest BCUT2D eigenvalue weighted by Gasteiger charge is -2.41. The molecule has 0 bridgehead atoms. The molecule has 0 aromatic carbocycles. The van der Waals surface area contributed by atoms with Crippen LogP contribution in [0.2, 0.25) is 0 Å². The van der Waals surface area contributed by atoms with Crippen LogP contribution in [0.4, 0.5) is 0 Å². The second-order valence-corrected chi connectivity index (χ2v) is 8.73. The number of hydrogen-bond acceptors (Lipinski definition) is 12. The van der Waals surface area contributed by atoms with Crippen LogP contribution in [-0.4, -0.2) is 126 Å². The van der Waals surface area contributed by atoms with Crippen LogP contribution in [0.15, 0.2) is 0 Å². The highest BCUT2D eigenvalue weighted by molar-refractivity contribution is 7.91. The number of sulfone groups is 1. The Morgan fingerprint density at radius 3 is 1.30 bits per heavy atom. The van der Waals surface area contributed by atoms with Crippen molar-refractivity contribution in [3.05, 3.63) is 0 Å². The normalized spacial score (nSPS) is 46.4. The van der Waals surface area contributed by atoms with E-state index in [0.29, 0.717) is 0 Å². The molecule has 2 aliphatic rings. The van der Waals surface area contributed by atoms with Crippen LogP contribution in [-0.2, 0) is 28.8 Å². The Morgan fingerprint density at radius 2 is 1.00 bits per heavy atom. The summed E-state index contributed by atoms with van der Waals surface area (Å²) in [5, 5.41) is 59.0. The molecule has 2 saturated heterocycles. The van der Waals surface area contributed by atoms with Gasteiger partial charge in [0.1, 0.15) is 48.8 Å². The third-order valence-electron chi connectivity index (χ3n) is 4.64. The fourth-order valence-electron chi connectivity index (χ4n) is 3.07. The minimum absolute atomic E-state index is 0.777. The van der Waals surface area contributed by atoms with Crippen molar-refractivity contribution in [3.8, 4) is 0 Å². The predicted molar refractivity (Wildman–Crippen MR) is 86.0 cm³/mol. The third kappa shape index (κ3) is 4.94. The summed E-state index contributed by atoms with van der Waals surface area (Å²) in [5.41, 5.74) is 0. The van der Waals surface area contributed by atoms with Crippen molar-refractivity contribution in [1.82, 2.24) is 0 Å². The molecule has 0 radical (unpaired) electrons. The van der Waals surface area contributed by atoms with Crippen molar-refractivity contribution in [3.63, 3.8) is 0 Å². The van der Waals surface area contributed by atoms with Gasteiger partial charge in [0.05, 0.1) is 11.5 Å². The van der Waals surface area contributed by atoms with Gasteiger partial charge in [0.15, 0.2) is 22.4 Å². The summed E-state index contributed by atoms with van der Waals surface area (Å²) < 4.78 is 44.9. The van der Waals surface area contributed by atoms with Gasteiger partial charge in [-0.15, -0.1) is 0 Å². The molecule has 0 spiro atoms. The van der Waals surface area contributed by atoms with E-state index in [4.69, 9.17) is 18.9 Å². The van der Waals surface area contributed by atoms with E-state index in [1.165, 1.54) is 14.2 Å². The van der Waals surface area contributed by atoms with E-state index in [0.717, 1.165) is 0 Å². The number of hydrogen-bond donors (Lipinski definition) is 6. The first-order valence-corrected chi connectivity index (χ1v) is 10.00. The zero-order valence-corrected chi connectivity index (χ0v) is 15.5. The first kappa shape index (κ1) is 22.8. The van der Waals surface area contributed by atoms with Crippen molar-refractivity contribution >= 4 is 9.84 Å². The molecule has 2 aliphatic heterocycles. The van der Waals surface area contributed by atoms with Crippen LogP contribution in [0.25, 0.3) is 0 Å². The van der Waals surface area contributed by atoms with Crippen molar-refractivity contribution in [2.75, 3.05) is 25.7 Å². The molecule has 0 aromatic heterocycles. The standard InChI is InChI=1S/C14H26O12S/c1-23-13-11(19)9(17)7(15)5(25-13)3-27(21,22)4-6-8(16)10(18)12(20)14(24-2)26-6/h5-20H,3-4H2,1-2H3/t5-,6-,7-,8-,9-,10+,11-,12-,13-,14+/m1/s1. The molecule has 2 rings (SSSR count). The Balaban J connectivity index is 2.07. The van der Waals surface area contributed by atoms with Crippen LogP contribution in [0.5, 0.6) is 0 Å². The zero-order valence-electron chi connectivity index (χ0n) is 14.7. The number of ether oxygens (including phenoxy) is 4. The van der Waals surface area contributed by atoms with Crippen LogP contribution < -0.4 is 0 Å². The van der Waals surface area contributed by atoms with Crippen molar-refractivity contribution in [1.29, 1.82) is 0 Å². The average molecular weight is 418 g/mol. The lowest BCUT2D eigenvalue weighted by molar-refractivity contribution is -0.286. The van der Waals surface area contributed by atoms with E-state index in [1.54, 1.807) is 0 Å². The minimum Gasteiger partial charge on any atom is -0.388 e. The second-order valence-electron chi connectivity index (χ2n) is 6.58. The minimum atomic E-state index is -4.06. The SMILES string of the molecule is CO[C@H]1O[C@H](CS(=O)(=O)C[C@H]2O[C@@H](OC)[C@H](O)[C@H](O)[C@@H]2O)[C@@H](O)[C@H](O)[C@H]1O. The first-order chi connectivity index (χ1) is 12.5. The van der Waals surface area contributed by atoms with Gasteiger partial charge in [-0.2, -0.15) is 0 Å². The fourth-order valence-corrected chi connectivity index (χ4v) is 4.76. The summed E-state index contributed by atoms with van der Waals surface area (Å²) in [6.45, 7) is 0. The number of aliphatic hydroxyl groups is 6. The van der Waals surface area contributed by atoms with E-state index in [9.17, 15) is 39.1 Å². The molecular formula is C14H26O12S. The summed E-state index contributed by atoms with van der Waals surface area (Å²) in [4.78, 5) is 0. The molecule has 27 heavy (non-hydrogen) atoms. The molecule has 10 atom stereocenters. The average Bonchev–Trinajstić information content (AvgIpc) is 2.62. The van der Waals surface area contributed by atoms with Crippen molar-refractivity contribution in [2.24, 2.45) is 0 Å². The third-order valence-corrected chi connectivity index (χ3v) is 6.31. The van der Waals surface area contributed by atoms with Gasteiger partial charge in [0.25, 0.3) is 0 Å². The van der Waals surface area contributed by atoms with Gasteiger partial charge >= 0.3 is 0 Å². The maximum absolute atomic E-state index is 12.5. The van der Waals surface area contributed by atoms with Gasteiger partial charge in [-0.1, -0.05) is 0 Å². The van der Waals surface area contributed by atoms with Crippen molar-refractivity contribution < 1.29 is 58.0 Å².